The van der Waals surface area contributed by atoms with Gasteiger partial charge in [0.05, 0.1) is 15.4 Å². The van der Waals surface area contributed by atoms with Crippen LogP contribution < -0.4 is 16.8 Å². The van der Waals surface area contributed by atoms with Crippen molar-refractivity contribution in [1.29, 1.82) is 5.26 Å². The van der Waals surface area contributed by atoms with Crippen molar-refractivity contribution in [3.05, 3.63) is 56.3 Å². The first-order valence-corrected chi connectivity index (χ1v) is 10.3. The van der Waals surface area contributed by atoms with Crippen molar-refractivity contribution in [3.63, 3.8) is 0 Å². The van der Waals surface area contributed by atoms with Crippen LogP contribution in [0.3, 0.4) is 0 Å². The number of carbonyl (C=O) groups excluding carboxylic acids is 2. The molecule has 0 aromatic carbocycles. The van der Waals surface area contributed by atoms with Gasteiger partial charge in [-0.3, -0.25) is 9.59 Å². The molecule has 29 heavy (non-hydrogen) atoms. The predicted octanol–water partition coefficient (Wildman–Crippen LogP) is 3.51. The van der Waals surface area contributed by atoms with Crippen molar-refractivity contribution in [2.24, 2.45) is 5.73 Å². The number of amides is 2. The lowest BCUT2D eigenvalue weighted by Crippen LogP contribution is -2.11. The topological polar surface area (TPSA) is 135 Å². The van der Waals surface area contributed by atoms with Gasteiger partial charge in [0.2, 0.25) is 6.41 Å². The lowest BCUT2D eigenvalue weighted by molar-refractivity contribution is -0.109. The number of anilines is 1. The fourth-order valence-corrected chi connectivity index (χ4v) is 4.51. The molecule has 0 unspecified atom stereocenters. The summed E-state index contributed by atoms with van der Waals surface area (Å²) < 4.78 is 5.80. The number of nitrogen functional groups attached to an aromatic ring is 1. The predicted molar refractivity (Wildman–Crippen MR) is 114 cm³/mol. The molecule has 0 saturated heterocycles. The van der Waals surface area contributed by atoms with Crippen LogP contribution in [0.15, 0.2) is 34.8 Å². The van der Waals surface area contributed by atoms with Crippen molar-refractivity contribution in [2.45, 2.75) is 19.4 Å². The Hall–Kier alpha value is -3.35. The molecular weight excluding hydrogens is 408 g/mol. The first-order valence-electron chi connectivity index (χ1n) is 8.66. The first kappa shape index (κ1) is 20.4. The Morgan fingerprint density at radius 3 is 2.83 bits per heavy atom. The number of primary amides is 1. The summed E-state index contributed by atoms with van der Waals surface area (Å²) in [7, 11) is 0. The number of nitriles is 1. The van der Waals surface area contributed by atoms with E-state index in [0.717, 1.165) is 15.3 Å². The number of aryl methyl sites for hydroxylation is 1. The second-order valence-corrected chi connectivity index (χ2v) is 8.29. The van der Waals surface area contributed by atoms with E-state index < -0.39 is 5.91 Å². The fraction of sp³-hybridized carbons (Fsp3) is 0.150. The van der Waals surface area contributed by atoms with E-state index in [1.807, 2.05) is 18.2 Å². The standard InChI is InChI=1S/C20H18N4O3S2/c21-9-13-5-6-18(28-13)16-8-14(22)15(27-16)3-1-2-4-17-12(10-24-11-25)7-19(29-17)20(23)26/h1,3,5-8,11H,2,4,10,22H2,(H2,23,26)(H,24,25)/b3-1+. The van der Waals surface area contributed by atoms with Crippen LogP contribution in [0.5, 0.6) is 0 Å². The SMILES string of the molecule is N#Cc1ccc(-c2cc(N)c(/C=C/CCc3sc(C(N)=O)cc3CNC=O)o2)s1. The van der Waals surface area contributed by atoms with Crippen molar-refractivity contribution < 1.29 is 14.0 Å². The molecule has 148 valence electrons. The lowest BCUT2D eigenvalue weighted by atomic mass is 10.1. The van der Waals surface area contributed by atoms with E-state index >= 15 is 0 Å². The molecule has 3 aromatic heterocycles. The average Bonchev–Trinajstić information content (AvgIpc) is 3.42. The van der Waals surface area contributed by atoms with Gasteiger partial charge in [-0.1, -0.05) is 6.08 Å². The van der Waals surface area contributed by atoms with Gasteiger partial charge >= 0.3 is 0 Å². The zero-order valence-electron chi connectivity index (χ0n) is 15.3. The van der Waals surface area contributed by atoms with Crippen LogP contribution in [-0.2, 0) is 17.8 Å². The summed E-state index contributed by atoms with van der Waals surface area (Å²) in [5, 5.41) is 11.6. The molecule has 0 radical (unpaired) electrons. The maximum absolute atomic E-state index is 11.4. The van der Waals surface area contributed by atoms with Crippen LogP contribution in [0.1, 0.15) is 37.2 Å². The molecule has 3 rings (SSSR count). The maximum atomic E-state index is 11.4. The van der Waals surface area contributed by atoms with Gasteiger partial charge in [0, 0.05) is 17.5 Å². The Morgan fingerprint density at radius 2 is 2.14 bits per heavy atom. The van der Waals surface area contributed by atoms with E-state index in [1.54, 1.807) is 18.2 Å². The molecule has 7 nitrogen and oxygen atoms in total. The molecule has 3 heterocycles. The molecule has 0 fully saturated rings. The second-order valence-electron chi connectivity index (χ2n) is 6.07. The largest absolute Gasteiger partial charge is 0.454 e. The minimum atomic E-state index is -0.479. The molecule has 0 saturated carbocycles. The molecule has 0 spiro atoms. The highest BCUT2D eigenvalue weighted by Gasteiger charge is 2.13. The summed E-state index contributed by atoms with van der Waals surface area (Å²) in [6.45, 7) is 0.353. The minimum absolute atomic E-state index is 0.353. The Labute approximate surface area is 175 Å². The van der Waals surface area contributed by atoms with Gasteiger partial charge in [-0.15, -0.1) is 22.7 Å². The number of rotatable bonds is 9. The Morgan fingerprint density at radius 1 is 1.31 bits per heavy atom. The number of hydrogen-bond donors (Lipinski definition) is 3. The van der Waals surface area contributed by atoms with E-state index in [1.165, 1.54) is 22.7 Å². The van der Waals surface area contributed by atoms with E-state index in [9.17, 15) is 9.59 Å². The van der Waals surface area contributed by atoms with Gasteiger partial charge in [-0.2, -0.15) is 5.26 Å². The maximum Gasteiger partial charge on any atom is 0.258 e. The summed E-state index contributed by atoms with van der Waals surface area (Å²) in [6.07, 6.45) is 5.75. The number of thiophene rings is 2. The molecule has 2 amide bonds. The van der Waals surface area contributed by atoms with Crippen LogP contribution in [0.4, 0.5) is 5.69 Å². The molecule has 0 bridgehead atoms. The van der Waals surface area contributed by atoms with Gasteiger partial charge in [-0.05, 0) is 42.7 Å². The third-order valence-corrected chi connectivity index (χ3v) is 6.33. The number of furan rings is 1. The van der Waals surface area contributed by atoms with Crippen LogP contribution in [-0.4, -0.2) is 12.3 Å². The van der Waals surface area contributed by atoms with Gasteiger partial charge in [-0.25, -0.2) is 0 Å². The smallest absolute Gasteiger partial charge is 0.258 e. The van der Waals surface area contributed by atoms with Crippen molar-refractivity contribution in [1.82, 2.24) is 5.32 Å². The van der Waals surface area contributed by atoms with E-state index in [-0.39, 0.29) is 0 Å². The summed E-state index contributed by atoms with van der Waals surface area (Å²) in [6, 6.07) is 9.14. The number of nitrogens with two attached hydrogens (primary N) is 2. The van der Waals surface area contributed by atoms with Gasteiger partial charge in [0.25, 0.3) is 5.91 Å². The summed E-state index contributed by atoms with van der Waals surface area (Å²) in [5.74, 6) is 0.701. The minimum Gasteiger partial charge on any atom is -0.454 e. The monoisotopic (exact) mass is 426 g/mol. The number of nitrogens with one attached hydrogen (secondary N) is 1. The molecule has 0 atom stereocenters. The zero-order valence-corrected chi connectivity index (χ0v) is 16.9. The molecular formula is C20H18N4O3S2. The van der Waals surface area contributed by atoms with E-state index in [2.05, 4.69) is 11.4 Å². The van der Waals surface area contributed by atoms with Gasteiger partial charge in [0.1, 0.15) is 22.5 Å². The van der Waals surface area contributed by atoms with Gasteiger partial charge < -0.3 is 21.2 Å². The molecule has 3 aromatic rings. The van der Waals surface area contributed by atoms with Crippen LogP contribution in [0, 0.1) is 11.3 Å². The molecule has 0 aliphatic rings. The summed E-state index contributed by atoms with van der Waals surface area (Å²) in [4.78, 5) is 24.9. The Balaban J connectivity index is 1.67. The van der Waals surface area contributed by atoms with Crippen LogP contribution >= 0.6 is 22.7 Å². The quantitative estimate of drug-likeness (QED) is 0.450. The molecule has 5 N–H and O–H groups in total. The highest BCUT2D eigenvalue weighted by molar-refractivity contribution is 7.16. The number of allylic oxidation sites excluding steroid dienone is 1. The highest BCUT2D eigenvalue weighted by Crippen LogP contribution is 2.33. The Kier molecular flexibility index (Phi) is 6.49. The lowest BCUT2D eigenvalue weighted by Gasteiger charge is -2.01. The summed E-state index contributed by atoms with van der Waals surface area (Å²) >= 11 is 2.68. The van der Waals surface area contributed by atoms with E-state index in [0.29, 0.717) is 52.8 Å². The van der Waals surface area contributed by atoms with Crippen molar-refractivity contribution in [2.75, 3.05) is 5.73 Å². The zero-order chi connectivity index (χ0) is 20.8. The number of nitrogens with zero attached hydrogens (tertiary/aromatic N) is 1. The number of hydrogen-bond acceptors (Lipinski definition) is 7. The first-order chi connectivity index (χ1) is 14.0. The fourth-order valence-electron chi connectivity index (χ4n) is 2.71. The third kappa shape index (κ3) is 4.93. The number of carbonyl (C=O) groups is 2. The third-order valence-electron chi connectivity index (χ3n) is 4.07. The van der Waals surface area contributed by atoms with Crippen LogP contribution in [0.25, 0.3) is 16.7 Å². The van der Waals surface area contributed by atoms with Gasteiger partial charge in [0.15, 0.2) is 0 Å². The van der Waals surface area contributed by atoms with Crippen molar-refractivity contribution in [3.8, 4) is 16.7 Å². The average molecular weight is 427 g/mol. The summed E-state index contributed by atoms with van der Waals surface area (Å²) in [5.41, 5.74) is 12.8. The molecule has 0 aliphatic heterocycles. The molecule has 0 aliphatic carbocycles. The second kappa shape index (κ2) is 9.23. The van der Waals surface area contributed by atoms with Crippen LogP contribution in [0.2, 0.25) is 0 Å². The van der Waals surface area contributed by atoms with Crippen molar-refractivity contribution >= 4 is 46.8 Å². The highest BCUT2D eigenvalue weighted by atomic mass is 32.1. The Bertz CT molecular complexity index is 1100. The van der Waals surface area contributed by atoms with E-state index in [4.69, 9.17) is 21.1 Å². The normalized spacial score (nSPS) is 10.9. The molecule has 9 heteroatoms.